The van der Waals surface area contributed by atoms with E-state index in [4.69, 9.17) is 4.74 Å². The fourth-order valence-electron chi connectivity index (χ4n) is 3.18. The summed E-state index contributed by atoms with van der Waals surface area (Å²) >= 11 is 0. The van der Waals surface area contributed by atoms with Crippen molar-refractivity contribution in [2.45, 2.75) is 25.2 Å². The van der Waals surface area contributed by atoms with Crippen molar-refractivity contribution in [3.63, 3.8) is 0 Å². The maximum Gasteiger partial charge on any atom is 0.322 e. The van der Waals surface area contributed by atoms with Gasteiger partial charge in [0.05, 0.1) is 19.1 Å². The van der Waals surface area contributed by atoms with Crippen LogP contribution in [0.5, 0.6) is 0 Å². The molecular formula is C20H21NO2. The van der Waals surface area contributed by atoms with Gasteiger partial charge in [0.15, 0.2) is 0 Å². The molecule has 0 aliphatic heterocycles. The number of carbonyl (C=O) groups is 1. The van der Waals surface area contributed by atoms with Gasteiger partial charge in [-0.05, 0) is 17.5 Å². The van der Waals surface area contributed by atoms with Crippen molar-refractivity contribution in [2.75, 3.05) is 7.11 Å². The molecule has 0 amide bonds. The number of nitrogens with zero attached hydrogens (tertiary/aromatic N) is 1. The van der Waals surface area contributed by atoms with E-state index in [2.05, 4.69) is 6.07 Å². The van der Waals surface area contributed by atoms with Gasteiger partial charge in [0.1, 0.15) is 5.41 Å². The molecule has 0 fully saturated rings. The Kier molecular flexibility index (Phi) is 5.54. The zero-order chi connectivity index (χ0) is 16.7. The Balaban J connectivity index is 2.79. The van der Waals surface area contributed by atoms with E-state index in [1.54, 1.807) is 0 Å². The van der Waals surface area contributed by atoms with Crippen LogP contribution in [0, 0.1) is 17.2 Å². The fraction of sp³-hybridized carbons (Fsp3) is 0.300. The Morgan fingerprint density at radius 3 is 1.91 bits per heavy atom. The highest BCUT2D eigenvalue weighted by Gasteiger charge is 2.49. The standard InChI is InChI=1S/C20H21NO2/c1-3-10-18(15-21)20(19(22)23-2,16-11-6-4-7-12-16)17-13-8-5-9-14-17/h4-9,11-14,18H,3,10H2,1-2H3. The Labute approximate surface area is 137 Å². The number of benzene rings is 2. The highest BCUT2D eigenvalue weighted by atomic mass is 16.5. The zero-order valence-electron chi connectivity index (χ0n) is 13.5. The van der Waals surface area contributed by atoms with Gasteiger partial charge in [0, 0.05) is 0 Å². The summed E-state index contributed by atoms with van der Waals surface area (Å²) < 4.78 is 5.16. The second kappa shape index (κ2) is 7.60. The van der Waals surface area contributed by atoms with E-state index in [-0.39, 0.29) is 0 Å². The van der Waals surface area contributed by atoms with Crippen LogP contribution in [0.1, 0.15) is 30.9 Å². The number of carbonyl (C=O) groups excluding carboxylic acids is 1. The van der Waals surface area contributed by atoms with Crippen LogP contribution in [0.15, 0.2) is 60.7 Å². The molecule has 0 bridgehead atoms. The molecule has 0 saturated heterocycles. The number of methoxy groups -OCH3 is 1. The number of ether oxygens (including phenoxy) is 1. The molecule has 118 valence electrons. The minimum absolute atomic E-state index is 0.394. The largest absolute Gasteiger partial charge is 0.468 e. The van der Waals surface area contributed by atoms with Gasteiger partial charge in [-0.25, -0.2) is 0 Å². The van der Waals surface area contributed by atoms with Crippen LogP contribution in [0.3, 0.4) is 0 Å². The van der Waals surface area contributed by atoms with Gasteiger partial charge in [-0.1, -0.05) is 74.0 Å². The molecule has 1 unspecified atom stereocenters. The third kappa shape index (κ3) is 2.98. The summed E-state index contributed by atoms with van der Waals surface area (Å²) in [4.78, 5) is 12.9. The third-order valence-electron chi connectivity index (χ3n) is 4.22. The van der Waals surface area contributed by atoms with E-state index in [9.17, 15) is 10.1 Å². The van der Waals surface area contributed by atoms with Crippen molar-refractivity contribution in [2.24, 2.45) is 5.92 Å². The van der Waals surface area contributed by atoms with Crippen molar-refractivity contribution in [1.29, 1.82) is 5.26 Å². The first kappa shape index (κ1) is 16.8. The first-order chi connectivity index (χ1) is 11.2. The van der Waals surface area contributed by atoms with Gasteiger partial charge in [0.25, 0.3) is 0 Å². The van der Waals surface area contributed by atoms with Crippen LogP contribution in [0.2, 0.25) is 0 Å². The molecule has 2 aromatic carbocycles. The molecule has 0 aliphatic rings. The van der Waals surface area contributed by atoms with E-state index in [0.29, 0.717) is 6.42 Å². The van der Waals surface area contributed by atoms with E-state index in [1.165, 1.54) is 7.11 Å². The lowest BCUT2D eigenvalue weighted by atomic mass is 9.65. The molecule has 2 aromatic rings. The number of rotatable bonds is 6. The second-order valence-corrected chi connectivity index (χ2v) is 5.50. The Hall–Kier alpha value is -2.60. The summed E-state index contributed by atoms with van der Waals surface area (Å²) in [5.41, 5.74) is 0.471. The molecule has 0 N–H and O–H groups in total. The normalized spacial score (nSPS) is 12.2. The van der Waals surface area contributed by atoms with Crippen molar-refractivity contribution in [3.05, 3.63) is 71.8 Å². The van der Waals surface area contributed by atoms with Crippen molar-refractivity contribution >= 4 is 5.97 Å². The van der Waals surface area contributed by atoms with Crippen LogP contribution < -0.4 is 0 Å². The van der Waals surface area contributed by atoms with Crippen LogP contribution in [0.4, 0.5) is 0 Å². The molecule has 2 rings (SSSR count). The van der Waals surface area contributed by atoms with Gasteiger partial charge in [-0.2, -0.15) is 5.26 Å². The smallest absolute Gasteiger partial charge is 0.322 e. The van der Waals surface area contributed by atoms with Gasteiger partial charge in [0.2, 0.25) is 0 Å². The molecule has 0 aromatic heterocycles. The average molecular weight is 307 g/mol. The summed E-state index contributed by atoms with van der Waals surface area (Å²) in [6, 6.07) is 21.3. The van der Waals surface area contributed by atoms with Gasteiger partial charge in [-0.3, -0.25) is 4.79 Å². The van der Waals surface area contributed by atoms with Gasteiger partial charge in [-0.15, -0.1) is 0 Å². The molecule has 3 heteroatoms. The first-order valence-electron chi connectivity index (χ1n) is 7.80. The molecule has 0 spiro atoms. The fourth-order valence-corrected chi connectivity index (χ4v) is 3.18. The summed E-state index contributed by atoms with van der Waals surface area (Å²) in [6.45, 7) is 2.02. The highest BCUT2D eigenvalue weighted by molar-refractivity contribution is 5.88. The Morgan fingerprint density at radius 2 is 1.57 bits per heavy atom. The summed E-state index contributed by atoms with van der Waals surface area (Å²) in [6.07, 6.45) is 1.44. The molecule has 0 aliphatic carbocycles. The maximum atomic E-state index is 12.9. The molecule has 3 nitrogen and oxygen atoms in total. The number of hydrogen-bond acceptors (Lipinski definition) is 3. The summed E-state index contributed by atoms with van der Waals surface area (Å²) in [5.74, 6) is -0.889. The SMILES string of the molecule is CCCC(C#N)C(C(=O)OC)(c1ccccc1)c1ccccc1. The van der Waals surface area contributed by atoms with E-state index in [0.717, 1.165) is 17.5 Å². The Bertz CT molecular complexity index is 634. The lowest BCUT2D eigenvalue weighted by Gasteiger charge is -2.36. The first-order valence-corrected chi connectivity index (χ1v) is 7.80. The minimum atomic E-state index is -1.11. The van der Waals surface area contributed by atoms with E-state index in [1.807, 2.05) is 67.6 Å². The molecule has 1 atom stereocenters. The number of hydrogen-bond donors (Lipinski definition) is 0. The van der Waals surface area contributed by atoms with Crippen molar-refractivity contribution < 1.29 is 9.53 Å². The predicted molar refractivity (Wildman–Crippen MR) is 89.7 cm³/mol. The molecule has 0 radical (unpaired) electrons. The van der Waals surface area contributed by atoms with Crippen LogP contribution in [-0.4, -0.2) is 13.1 Å². The van der Waals surface area contributed by atoms with E-state index >= 15 is 0 Å². The number of esters is 1. The van der Waals surface area contributed by atoms with Crippen molar-refractivity contribution in [1.82, 2.24) is 0 Å². The maximum absolute atomic E-state index is 12.9. The minimum Gasteiger partial charge on any atom is -0.468 e. The van der Waals surface area contributed by atoms with Crippen LogP contribution >= 0.6 is 0 Å². The van der Waals surface area contributed by atoms with Gasteiger partial charge < -0.3 is 4.74 Å². The monoisotopic (exact) mass is 307 g/mol. The summed E-state index contributed by atoms with van der Waals surface area (Å²) in [7, 11) is 1.38. The van der Waals surface area contributed by atoms with E-state index < -0.39 is 17.3 Å². The summed E-state index contributed by atoms with van der Waals surface area (Å²) in [5, 5.41) is 9.80. The lowest BCUT2D eigenvalue weighted by molar-refractivity contribution is -0.147. The second-order valence-electron chi connectivity index (χ2n) is 5.50. The average Bonchev–Trinajstić information content (AvgIpc) is 2.63. The van der Waals surface area contributed by atoms with Crippen LogP contribution in [-0.2, 0) is 14.9 Å². The van der Waals surface area contributed by atoms with Crippen molar-refractivity contribution in [3.8, 4) is 6.07 Å². The topological polar surface area (TPSA) is 50.1 Å². The zero-order valence-corrected chi connectivity index (χ0v) is 13.5. The molecule has 23 heavy (non-hydrogen) atoms. The third-order valence-corrected chi connectivity index (χ3v) is 4.22. The highest BCUT2D eigenvalue weighted by Crippen LogP contribution is 2.42. The molecule has 0 heterocycles. The molecule has 0 saturated carbocycles. The Morgan fingerprint density at radius 1 is 1.09 bits per heavy atom. The lowest BCUT2D eigenvalue weighted by Crippen LogP contribution is -2.44. The number of nitriles is 1. The predicted octanol–water partition coefficient (Wildman–Crippen LogP) is 4.09. The quantitative estimate of drug-likeness (QED) is 0.755. The van der Waals surface area contributed by atoms with Gasteiger partial charge >= 0.3 is 5.97 Å². The molecular weight excluding hydrogens is 286 g/mol. The van der Waals surface area contributed by atoms with Crippen LogP contribution in [0.25, 0.3) is 0 Å².